The van der Waals surface area contributed by atoms with Gasteiger partial charge in [0.2, 0.25) is 0 Å². The van der Waals surface area contributed by atoms with Crippen molar-refractivity contribution in [2.75, 3.05) is 25.5 Å². The van der Waals surface area contributed by atoms with E-state index in [4.69, 9.17) is 4.42 Å². The predicted octanol–water partition coefficient (Wildman–Crippen LogP) is 3.62. The molecule has 3 heteroatoms. The van der Waals surface area contributed by atoms with Gasteiger partial charge in [-0.3, -0.25) is 4.90 Å². The van der Waals surface area contributed by atoms with Gasteiger partial charge >= 0.3 is 0 Å². The number of nitrogens with zero attached hydrogens (tertiary/aromatic N) is 1. The number of rotatable bonds is 4. The van der Waals surface area contributed by atoms with Gasteiger partial charge in [0.25, 0.3) is 0 Å². The van der Waals surface area contributed by atoms with Gasteiger partial charge in [0, 0.05) is 24.7 Å². The van der Waals surface area contributed by atoms with Crippen LogP contribution in [0, 0.1) is 6.92 Å². The lowest BCUT2D eigenvalue weighted by Gasteiger charge is -2.29. The van der Waals surface area contributed by atoms with Crippen LogP contribution in [0.4, 0.5) is 5.69 Å². The Morgan fingerprint density at radius 3 is 2.90 bits per heavy atom. The van der Waals surface area contributed by atoms with Crippen molar-refractivity contribution in [1.82, 2.24) is 4.90 Å². The number of nitrogens with one attached hydrogen (secondary N) is 1. The summed E-state index contributed by atoms with van der Waals surface area (Å²) in [6.45, 7) is 5.00. The number of furan rings is 1. The first-order chi connectivity index (χ1) is 9.72. The summed E-state index contributed by atoms with van der Waals surface area (Å²) in [5.74, 6) is 2.64. The zero-order chi connectivity index (χ0) is 13.9. The number of aryl methyl sites for hydroxylation is 1. The van der Waals surface area contributed by atoms with Crippen molar-refractivity contribution in [2.24, 2.45) is 0 Å². The fourth-order valence-corrected chi connectivity index (χ4v) is 3.02. The lowest BCUT2D eigenvalue weighted by Crippen LogP contribution is -2.28. The fourth-order valence-electron chi connectivity index (χ4n) is 3.02. The molecular formula is C17H22N2O. The van der Waals surface area contributed by atoms with Crippen molar-refractivity contribution in [1.29, 1.82) is 0 Å². The molecule has 3 rings (SSSR count). The predicted molar refractivity (Wildman–Crippen MR) is 82.1 cm³/mol. The third-order valence-electron chi connectivity index (χ3n) is 3.96. The molecule has 1 atom stereocenters. The number of hydrogen-bond donors (Lipinski definition) is 1. The van der Waals surface area contributed by atoms with Crippen molar-refractivity contribution < 1.29 is 4.42 Å². The second-order valence-corrected chi connectivity index (χ2v) is 5.71. The van der Waals surface area contributed by atoms with Gasteiger partial charge in [-0.05, 0) is 44.2 Å². The number of likely N-dealkylation sites (N-methyl/N-ethyl adjacent to an activating group) is 1. The summed E-state index contributed by atoms with van der Waals surface area (Å²) >= 11 is 0. The first-order valence-corrected chi connectivity index (χ1v) is 7.29. The Morgan fingerprint density at radius 1 is 1.25 bits per heavy atom. The van der Waals surface area contributed by atoms with E-state index in [0.29, 0.717) is 5.92 Å². The molecule has 3 nitrogen and oxygen atoms in total. The third kappa shape index (κ3) is 2.88. The fraction of sp³-hybridized carbons (Fsp3) is 0.412. The minimum atomic E-state index is 0.605. The lowest BCUT2D eigenvalue weighted by molar-refractivity contribution is 0.270. The molecule has 20 heavy (non-hydrogen) atoms. The van der Waals surface area contributed by atoms with Crippen molar-refractivity contribution in [3.05, 3.63) is 53.5 Å². The number of para-hydroxylation sites is 1. The van der Waals surface area contributed by atoms with Gasteiger partial charge in [-0.15, -0.1) is 0 Å². The summed E-state index contributed by atoms with van der Waals surface area (Å²) in [5.41, 5.74) is 2.74. The van der Waals surface area contributed by atoms with Crippen molar-refractivity contribution in [2.45, 2.75) is 25.8 Å². The van der Waals surface area contributed by atoms with Gasteiger partial charge in [0.05, 0.1) is 6.54 Å². The Balaban J connectivity index is 1.66. The van der Waals surface area contributed by atoms with Crippen LogP contribution in [0.2, 0.25) is 0 Å². The van der Waals surface area contributed by atoms with E-state index in [1.54, 1.807) is 0 Å². The second-order valence-electron chi connectivity index (χ2n) is 5.71. The topological polar surface area (TPSA) is 28.4 Å². The van der Waals surface area contributed by atoms with Crippen LogP contribution in [0.5, 0.6) is 0 Å². The summed E-state index contributed by atoms with van der Waals surface area (Å²) in [5, 5.41) is 3.48. The van der Waals surface area contributed by atoms with Gasteiger partial charge in [-0.2, -0.15) is 0 Å². The normalized spacial score (nSPS) is 17.9. The van der Waals surface area contributed by atoms with Crippen LogP contribution in [0.15, 0.2) is 40.8 Å². The van der Waals surface area contributed by atoms with E-state index in [0.717, 1.165) is 31.2 Å². The Labute approximate surface area is 120 Å². The third-order valence-corrected chi connectivity index (χ3v) is 3.96. The molecule has 1 N–H and O–H groups in total. The van der Waals surface area contributed by atoms with E-state index in [-0.39, 0.29) is 0 Å². The van der Waals surface area contributed by atoms with Crippen LogP contribution in [-0.4, -0.2) is 25.0 Å². The molecule has 0 radical (unpaired) electrons. The number of hydrogen-bond acceptors (Lipinski definition) is 3. The molecule has 0 aliphatic carbocycles. The van der Waals surface area contributed by atoms with Gasteiger partial charge in [-0.1, -0.05) is 18.2 Å². The van der Waals surface area contributed by atoms with Crippen molar-refractivity contribution in [3.8, 4) is 0 Å². The molecule has 2 aromatic rings. The first-order valence-electron chi connectivity index (χ1n) is 7.29. The van der Waals surface area contributed by atoms with E-state index in [2.05, 4.69) is 47.6 Å². The van der Waals surface area contributed by atoms with Gasteiger partial charge < -0.3 is 9.73 Å². The molecule has 1 aromatic heterocycles. The minimum Gasteiger partial charge on any atom is -0.465 e. The van der Waals surface area contributed by atoms with E-state index in [9.17, 15) is 0 Å². The summed E-state index contributed by atoms with van der Waals surface area (Å²) in [7, 11) is 2.17. The molecule has 0 saturated carbocycles. The molecule has 106 valence electrons. The van der Waals surface area contributed by atoms with E-state index in [1.807, 2.05) is 13.0 Å². The second kappa shape index (κ2) is 5.71. The maximum Gasteiger partial charge on any atom is 0.118 e. The highest BCUT2D eigenvalue weighted by molar-refractivity contribution is 5.54. The molecular weight excluding hydrogens is 248 g/mol. The quantitative estimate of drug-likeness (QED) is 0.919. The van der Waals surface area contributed by atoms with Crippen LogP contribution < -0.4 is 5.32 Å². The monoisotopic (exact) mass is 270 g/mol. The smallest absolute Gasteiger partial charge is 0.118 e. The Bertz CT molecular complexity index is 576. The summed E-state index contributed by atoms with van der Waals surface area (Å²) < 4.78 is 5.66. The van der Waals surface area contributed by atoms with Crippen LogP contribution in [-0.2, 0) is 6.54 Å². The molecule has 0 amide bonds. The van der Waals surface area contributed by atoms with E-state index >= 15 is 0 Å². The molecule has 0 saturated heterocycles. The van der Waals surface area contributed by atoms with Gasteiger partial charge in [0.1, 0.15) is 11.5 Å². The van der Waals surface area contributed by atoms with E-state index < -0.39 is 0 Å². The van der Waals surface area contributed by atoms with Crippen LogP contribution in [0.25, 0.3) is 0 Å². The van der Waals surface area contributed by atoms with E-state index in [1.165, 1.54) is 17.7 Å². The number of benzene rings is 1. The standard InChI is InChI=1S/C17H22N2O/c1-13-7-8-15(20-13)12-19(2)11-14-9-10-18-17-6-4-3-5-16(14)17/h3-8,14,18H,9-12H2,1-2H3. The molecule has 1 aromatic carbocycles. The summed E-state index contributed by atoms with van der Waals surface area (Å²) in [6.07, 6.45) is 1.19. The lowest BCUT2D eigenvalue weighted by atomic mass is 9.90. The van der Waals surface area contributed by atoms with Crippen molar-refractivity contribution >= 4 is 5.69 Å². The maximum absolute atomic E-state index is 5.66. The number of anilines is 1. The van der Waals surface area contributed by atoms with Crippen LogP contribution in [0.3, 0.4) is 0 Å². The molecule has 0 fully saturated rings. The molecule has 0 spiro atoms. The molecule has 0 bridgehead atoms. The average molecular weight is 270 g/mol. The van der Waals surface area contributed by atoms with Crippen LogP contribution >= 0.6 is 0 Å². The van der Waals surface area contributed by atoms with Gasteiger partial charge in [0.15, 0.2) is 0 Å². The van der Waals surface area contributed by atoms with Gasteiger partial charge in [-0.25, -0.2) is 0 Å². The Hall–Kier alpha value is -1.74. The zero-order valence-electron chi connectivity index (χ0n) is 12.2. The number of fused-ring (bicyclic) bond motifs is 1. The maximum atomic E-state index is 5.66. The minimum absolute atomic E-state index is 0.605. The molecule has 1 aliphatic rings. The summed E-state index contributed by atoms with van der Waals surface area (Å²) in [4.78, 5) is 2.35. The average Bonchev–Trinajstić information content (AvgIpc) is 2.84. The highest BCUT2D eigenvalue weighted by atomic mass is 16.3. The highest BCUT2D eigenvalue weighted by Gasteiger charge is 2.21. The van der Waals surface area contributed by atoms with Crippen LogP contribution in [0.1, 0.15) is 29.4 Å². The Kier molecular flexibility index (Phi) is 3.79. The van der Waals surface area contributed by atoms with Crippen molar-refractivity contribution in [3.63, 3.8) is 0 Å². The summed E-state index contributed by atoms with van der Waals surface area (Å²) in [6, 6.07) is 12.8. The molecule has 1 aliphatic heterocycles. The Morgan fingerprint density at radius 2 is 2.10 bits per heavy atom. The molecule has 1 unspecified atom stereocenters. The SMILES string of the molecule is Cc1ccc(CN(C)CC2CCNc3ccccc32)o1. The first kappa shape index (κ1) is 13.3. The zero-order valence-corrected chi connectivity index (χ0v) is 12.2. The largest absolute Gasteiger partial charge is 0.465 e. The highest BCUT2D eigenvalue weighted by Crippen LogP contribution is 2.31. The molecule has 2 heterocycles.